The Kier molecular flexibility index (Phi) is 2.60. The molecule has 1 aromatic heterocycles. The Balaban J connectivity index is 2.62. The van der Waals surface area contributed by atoms with E-state index in [0.717, 1.165) is 12.3 Å². The Morgan fingerprint density at radius 2 is 2.25 bits per heavy atom. The minimum Gasteiger partial charge on any atom is -0.462 e. The van der Waals surface area contributed by atoms with Crippen LogP contribution in [0, 0.1) is 11.6 Å². The summed E-state index contributed by atoms with van der Waals surface area (Å²) in [5.74, 6) is -2.52. The average molecular weight is 226 g/mol. The number of fused-ring (bicyclic) bond motifs is 1. The first-order chi connectivity index (χ1) is 7.65. The Hall–Kier alpha value is -1.91. The maximum Gasteiger partial charge on any atom is 0.341 e. The van der Waals surface area contributed by atoms with Crippen molar-refractivity contribution in [3.8, 4) is 0 Å². The topological polar surface area (TPSA) is 39.4 Å². The summed E-state index contributed by atoms with van der Waals surface area (Å²) in [6, 6.07) is 2.11. The van der Waals surface area contributed by atoms with Gasteiger partial charge in [-0.2, -0.15) is 0 Å². The van der Waals surface area contributed by atoms with Crippen molar-refractivity contribution in [3.05, 3.63) is 35.6 Å². The van der Waals surface area contributed by atoms with Crippen LogP contribution in [0.2, 0.25) is 0 Å². The van der Waals surface area contributed by atoms with Crippen molar-refractivity contribution in [1.82, 2.24) is 0 Å². The quantitative estimate of drug-likeness (QED) is 0.739. The van der Waals surface area contributed by atoms with Gasteiger partial charge >= 0.3 is 5.97 Å². The van der Waals surface area contributed by atoms with E-state index >= 15 is 0 Å². The lowest BCUT2D eigenvalue weighted by Gasteiger charge is -2.03. The second-order valence-electron chi connectivity index (χ2n) is 3.10. The summed E-state index contributed by atoms with van der Waals surface area (Å²) in [6.07, 6.45) is 1.16. The molecular weight excluding hydrogens is 218 g/mol. The number of furan rings is 1. The highest BCUT2D eigenvalue weighted by atomic mass is 19.1. The lowest BCUT2D eigenvalue weighted by atomic mass is 10.1. The molecule has 3 nitrogen and oxygen atoms in total. The maximum absolute atomic E-state index is 13.7. The van der Waals surface area contributed by atoms with Crippen molar-refractivity contribution >= 4 is 16.9 Å². The van der Waals surface area contributed by atoms with Gasteiger partial charge in [-0.15, -0.1) is 0 Å². The molecule has 0 amide bonds. The fourth-order valence-electron chi connectivity index (χ4n) is 1.41. The largest absolute Gasteiger partial charge is 0.462 e. The first-order valence-electron chi connectivity index (χ1n) is 4.67. The molecule has 0 fully saturated rings. The number of rotatable bonds is 2. The third-order valence-electron chi connectivity index (χ3n) is 2.12. The van der Waals surface area contributed by atoms with E-state index in [1.807, 2.05) is 0 Å². The molecule has 0 atom stereocenters. The van der Waals surface area contributed by atoms with E-state index in [1.54, 1.807) is 6.92 Å². The molecule has 0 aliphatic carbocycles. The van der Waals surface area contributed by atoms with E-state index in [9.17, 15) is 13.6 Å². The lowest BCUT2D eigenvalue weighted by Crippen LogP contribution is -2.08. The molecule has 0 aliphatic heterocycles. The minimum atomic E-state index is -0.905. The van der Waals surface area contributed by atoms with Crippen LogP contribution in [0.25, 0.3) is 11.0 Å². The van der Waals surface area contributed by atoms with Crippen molar-refractivity contribution < 1.29 is 22.7 Å². The molecule has 0 spiro atoms. The molecule has 0 aliphatic rings. The van der Waals surface area contributed by atoms with E-state index in [1.165, 1.54) is 6.07 Å². The molecule has 0 bridgehead atoms. The highest BCUT2D eigenvalue weighted by Gasteiger charge is 2.20. The van der Waals surface area contributed by atoms with Gasteiger partial charge in [0.2, 0.25) is 0 Å². The van der Waals surface area contributed by atoms with Gasteiger partial charge in [-0.05, 0) is 19.1 Å². The van der Waals surface area contributed by atoms with E-state index in [2.05, 4.69) is 4.74 Å². The monoisotopic (exact) mass is 226 g/mol. The summed E-state index contributed by atoms with van der Waals surface area (Å²) < 4.78 is 36.5. The third-order valence-corrected chi connectivity index (χ3v) is 2.12. The number of esters is 1. The van der Waals surface area contributed by atoms with Crippen LogP contribution in [-0.2, 0) is 4.74 Å². The van der Waals surface area contributed by atoms with Gasteiger partial charge in [0.05, 0.1) is 18.3 Å². The predicted molar refractivity (Wildman–Crippen MR) is 52.1 cm³/mol. The van der Waals surface area contributed by atoms with Crippen molar-refractivity contribution in [2.75, 3.05) is 6.61 Å². The number of carbonyl (C=O) groups excluding carboxylic acids is 1. The van der Waals surface area contributed by atoms with E-state index < -0.39 is 23.2 Å². The van der Waals surface area contributed by atoms with Crippen LogP contribution >= 0.6 is 0 Å². The summed E-state index contributed by atoms with van der Waals surface area (Å²) in [4.78, 5) is 11.3. The fourth-order valence-corrected chi connectivity index (χ4v) is 1.41. The first-order valence-corrected chi connectivity index (χ1v) is 4.67. The summed E-state index contributed by atoms with van der Waals surface area (Å²) in [7, 11) is 0. The molecule has 0 saturated carbocycles. The second-order valence-corrected chi connectivity index (χ2v) is 3.10. The lowest BCUT2D eigenvalue weighted by molar-refractivity contribution is 0.0520. The second kappa shape index (κ2) is 3.92. The van der Waals surface area contributed by atoms with Crippen LogP contribution in [0.4, 0.5) is 8.78 Å². The normalized spacial score (nSPS) is 10.7. The Labute approximate surface area is 89.6 Å². The van der Waals surface area contributed by atoms with Gasteiger partial charge in [0.15, 0.2) is 11.4 Å². The van der Waals surface area contributed by atoms with Gasteiger partial charge in [0.1, 0.15) is 11.4 Å². The van der Waals surface area contributed by atoms with Gasteiger partial charge < -0.3 is 9.15 Å². The summed E-state index contributed by atoms with van der Waals surface area (Å²) >= 11 is 0. The van der Waals surface area contributed by atoms with E-state index in [0.29, 0.717) is 0 Å². The molecule has 2 rings (SSSR count). The molecule has 0 saturated heterocycles. The van der Waals surface area contributed by atoms with Gasteiger partial charge in [0, 0.05) is 0 Å². The molecule has 0 unspecified atom stereocenters. The molecule has 2 aromatic rings. The Morgan fingerprint density at radius 3 is 2.94 bits per heavy atom. The number of ether oxygens (including phenoxy) is 1. The maximum atomic E-state index is 13.7. The summed E-state index contributed by atoms with van der Waals surface area (Å²) in [5.41, 5.74) is -0.732. The van der Waals surface area contributed by atoms with Crippen LogP contribution in [0.15, 0.2) is 22.8 Å². The highest BCUT2D eigenvalue weighted by Crippen LogP contribution is 2.25. The van der Waals surface area contributed by atoms with Crippen LogP contribution in [0.1, 0.15) is 17.3 Å². The van der Waals surface area contributed by atoms with Crippen molar-refractivity contribution in [2.24, 2.45) is 0 Å². The molecular formula is C11H8F2O3. The van der Waals surface area contributed by atoms with E-state index in [-0.39, 0.29) is 17.6 Å². The Bertz CT molecular complexity index is 545. The Morgan fingerprint density at radius 1 is 1.50 bits per heavy atom. The van der Waals surface area contributed by atoms with Crippen LogP contribution < -0.4 is 0 Å². The number of hydrogen-bond acceptors (Lipinski definition) is 3. The molecule has 1 aromatic carbocycles. The van der Waals surface area contributed by atoms with Crippen molar-refractivity contribution in [1.29, 1.82) is 0 Å². The average Bonchev–Trinajstić information content (AvgIpc) is 2.73. The molecule has 1 heterocycles. The minimum absolute atomic E-state index is 0.00514. The standard InChI is InChI=1S/C11H8F2O3/c1-2-15-11(14)7-5-8(12)6-3-4-16-10(6)9(7)13/h3-5H,2H2,1H3. The zero-order chi connectivity index (χ0) is 11.7. The van der Waals surface area contributed by atoms with Crippen LogP contribution in [0.5, 0.6) is 0 Å². The first kappa shape index (κ1) is 10.6. The van der Waals surface area contributed by atoms with E-state index in [4.69, 9.17) is 4.42 Å². The number of hydrogen-bond donors (Lipinski definition) is 0. The third kappa shape index (κ3) is 1.54. The smallest absolute Gasteiger partial charge is 0.341 e. The molecule has 16 heavy (non-hydrogen) atoms. The number of carbonyl (C=O) groups is 1. The zero-order valence-electron chi connectivity index (χ0n) is 8.42. The van der Waals surface area contributed by atoms with Crippen LogP contribution in [-0.4, -0.2) is 12.6 Å². The molecule has 0 radical (unpaired) electrons. The zero-order valence-corrected chi connectivity index (χ0v) is 8.42. The number of benzene rings is 1. The highest BCUT2D eigenvalue weighted by molar-refractivity contribution is 5.94. The van der Waals surface area contributed by atoms with Gasteiger partial charge in [-0.3, -0.25) is 0 Å². The molecule has 84 valence electrons. The van der Waals surface area contributed by atoms with Gasteiger partial charge in [-0.1, -0.05) is 0 Å². The van der Waals surface area contributed by atoms with Crippen molar-refractivity contribution in [2.45, 2.75) is 6.92 Å². The molecule has 5 heteroatoms. The molecule has 0 N–H and O–H groups in total. The summed E-state index contributed by atoms with van der Waals surface area (Å²) in [5, 5.41) is 0.00514. The van der Waals surface area contributed by atoms with Crippen molar-refractivity contribution in [3.63, 3.8) is 0 Å². The fraction of sp³-hybridized carbons (Fsp3) is 0.182. The predicted octanol–water partition coefficient (Wildman–Crippen LogP) is 2.89. The SMILES string of the molecule is CCOC(=O)c1cc(F)c2ccoc2c1F. The summed E-state index contributed by atoms with van der Waals surface area (Å²) in [6.45, 7) is 1.67. The number of halogens is 2. The van der Waals surface area contributed by atoms with Gasteiger partial charge in [0.25, 0.3) is 0 Å². The van der Waals surface area contributed by atoms with Crippen LogP contribution in [0.3, 0.4) is 0 Å². The van der Waals surface area contributed by atoms with Gasteiger partial charge in [-0.25, -0.2) is 13.6 Å².